The molecule has 1 N–H and O–H groups in total. The van der Waals surface area contributed by atoms with Crippen molar-refractivity contribution < 1.29 is 14.6 Å². The van der Waals surface area contributed by atoms with Crippen molar-refractivity contribution in [1.29, 1.82) is 0 Å². The highest BCUT2D eigenvalue weighted by molar-refractivity contribution is 5.87. The van der Waals surface area contributed by atoms with Crippen LogP contribution in [0.25, 0.3) is 0 Å². The fourth-order valence-electron chi connectivity index (χ4n) is 2.38. The molecule has 0 aliphatic heterocycles. The first-order valence-corrected chi connectivity index (χ1v) is 7.65. The predicted molar refractivity (Wildman–Crippen MR) is 89.7 cm³/mol. The highest BCUT2D eigenvalue weighted by Crippen LogP contribution is 2.09. The van der Waals surface area contributed by atoms with Crippen LogP contribution in [0.1, 0.15) is 27.2 Å². The minimum atomic E-state index is -0.915. The summed E-state index contributed by atoms with van der Waals surface area (Å²) in [5.74, 6) is -0.915. The molecule has 0 saturated carbocycles. The van der Waals surface area contributed by atoms with Crippen LogP contribution in [0.2, 0.25) is 0 Å². The van der Waals surface area contributed by atoms with E-state index >= 15 is 0 Å². The lowest BCUT2D eigenvalue weighted by Gasteiger charge is -2.03. The molecule has 0 spiro atoms. The first kappa shape index (κ1) is 16.0. The van der Waals surface area contributed by atoms with Crippen LogP contribution in [0.5, 0.6) is 0 Å². The molecule has 24 heavy (non-hydrogen) atoms. The Hall–Kier alpha value is -2.92. The van der Waals surface area contributed by atoms with E-state index in [9.17, 15) is 4.79 Å². The zero-order valence-corrected chi connectivity index (χ0v) is 13.1. The number of hydrogen-bond donors (Lipinski definition) is 1. The summed E-state index contributed by atoms with van der Waals surface area (Å²) < 4.78 is 7.63. The Bertz CT molecular complexity index is 795. The molecule has 0 fully saturated rings. The van der Waals surface area contributed by atoms with Crippen LogP contribution in [-0.4, -0.2) is 20.6 Å². The van der Waals surface area contributed by atoms with E-state index in [1.807, 2.05) is 53.2 Å². The SMILES string of the molecule is O=C(O)c1ccc(Cn2cnc(COCc3ccccc3)c2)cc1. The highest BCUT2D eigenvalue weighted by Gasteiger charge is 2.04. The van der Waals surface area contributed by atoms with Gasteiger partial charge in [-0.3, -0.25) is 0 Å². The number of carboxylic acid groups (broad SMARTS) is 1. The van der Waals surface area contributed by atoms with Crippen molar-refractivity contribution in [3.05, 3.63) is 89.5 Å². The average molecular weight is 322 g/mol. The molecule has 2 aromatic carbocycles. The first-order chi connectivity index (χ1) is 11.7. The summed E-state index contributed by atoms with van der Waals surface area (Å²) in [5, 5.41) is 8.90. The molecule has 0 aliphatic rings. The smallest absolute Gasteiger partial charge is 0.335 e. The zero-order chi connectivity index (χ0) is 16.8. The number of benzene rings is 2. The Morgan fingerprint density at radius 1 is 1.00 bits per heavy atom. The van der Waals surface area contributed by atoms with Crippen molar-refractivity contribution in [3.63, 3.8) is 0 Å². The lowest BCUT2D eigenvalue weighted by molar-refractivity contribution is 0.0697. The van der Waals surface area contributed by atoms with Gasteiger partial charge in [-0.05, 0) is 23.3 Å². The van der Waals surface area contributed by atoms with Crippen LogP contribution in [0.15, 0.2) is 67.1 Å². The Labute approximate surface area is 140 Å². The fraction of sp³-hybridized carbons (Fsp3) is 0.158. The van der Waals surface area contributed by atoms with Gasteiger partial charge in [0.05, 0.1) is 30.8 Å². The largest absolute Gasteiger partial charge is 0.478 e. The van der Waals surface area contributed by atoms with Crippen LogP contribution >= 0.6 is 0 Å². The molecule has 122 valence electrons. The van der Waals surface area contributed by atoms with Crippen molar-refractivity contribution in [2.24, 2.45) is 0 Å². The molecule has 3 aromatic rings. The molecule has 3 rings (SSSR count). The molecule has 0 aliphatic carbocycles. The van der Waals surface area contributed by atoms with E-state index in [0.717, 1.165) is 16.8 Å². The predicted octanol–water partition coefficient (Wildman–Crippen LogP) is 3.35. The molecule has 0 unspecified atom stereocenters. The number of aromatic nitrogens is 2. The van der Waals surface area contributed by atoms with Gasteiger partial charge in [-0.15, -0.1) is 0 Å². The van der Waals surface area contributed by atoms with Crippen molar-refractivity contribution in [2.75, 3.05) is 0 Å². The second kappa shape index (κ2) is 7.57. The maximum atomic E-state index is 10.8. The second-order valence-corrected chi connectivity index (χ2v) is 5.52. The van der Waals surface area contributed by atoms with Gasteiger partial charge in [0, 0.05) is 12.7 Å². The third-order valence-electron chi connectivity index (χ3n) is 3.61. The fourth-order valence-corrected chi connectivity index (χ4v) is 2.38. The Morgan fingerprint density at radius 2 is 1.75 bits per heavy atom. The summed E-state index contributed by atoms with van der Waals surface area (Å²) in [4.78, 5) is 15.2. The molecular weight excluding hydrogens is 304 g/mol. The Morgan fingerprint density at radius 3 is 2.46 bits per heavy atom. The number of nitrogens with zero attached hydrogens (tertiary/aromatic N) is 2. The normalized spacial score (nSPS) is 10.7. The quantitative estimate of drug-likeness (QED) is 0.724. The maximum Gasteiger partial charge on any atom is 0.335 e. The standard InChI is InChI=1S/C19H18N2O3/c22-19(23)17-8-6-15(7-9-17)10-21-11-18(20-14-21)13-24-12-16-4-2-1-3-5-16/h1-9,11,14H,10,12-13H2,(H,22,23). The maximum absolute atomic E-state index is 10.8. The lowest BCUT2D eigenvalue weighted by Crippen LogP contribution is -1.99. The summed E-state index contributed by atoms with van der Waals surface area (Å²) in [5.41, 5.74) is 3.32. The lowest BCUT2D eigenvalue weighted by atomic mass is 10.1. The molecule has 0 atom stereocenters. The van der Waals surface area contributed by atoms with E-state index < -0.39 is 5.97 Å². The topological polar surface area (TPSA) is 64.3 Å². The van der Waals surface area contributed by atoms with E-state index in [4.69, 9.17) is 9.84 Å². The zero-order valence-electron chi connectivity index (χ0n) is 13.1. The number of carbonyl (C=O) groups is 1. The van der Waals surface area contributed by atoms with Crippen LogP contribution in [0, 0.1) is 0 Å². The van der Waals surface area contributed by atoms with E-state index in [1.54, 1.807) is 18.5 Å². The Balaban J connectivity index is 1.52. The van der Waals surface area contributed by atoms with Gasteiger partial charge in [-0.2, -0.15) is 0 Å². The van der Waals surface area contributed by atoms with E-state index in [0.29, 0.717) is 25.3 Å². The first-order valence-electron chi connectivity index (χ1n) is 7.65. The number of hydrogen-bond acceptors (Lipinski definition) is 3. The van der Waals surface area contributed by atoms with Crippen molar-refractivity contribution in [1.82, 2.24) is 9.55 Å². The van der Waals surface area contributed by atoms with Gasteiger partial charge in [0.15, 0.2) is 0 Å². The van der Waals surface area contributed by atoms with Crippen LogP contribution in [-0.2, 0) is 24.5 Å². The van der Waals surface area contributed by atoms with Gasteiger partial charge in [0.25, 0.3) is 0 Å². The number of imidazole rings is 1. The van der Waals surface area contributed by atoms with Gasteiger partial charge < -0.3 is 14.4 Å². The summed E-state index contributed by atoms with van der Waals surface area (Å²) >= 11 is 0. The highest BCUT2D eigenvalue weighted by atomic mass is 16.5. The molecule has 5 nitrogen and oxygen atoms in total. The third-order valence-corrected chi connectivity index (χ3v) is 3.61. The molecule has 1 aromatic heterocycles. The van der Waals surface area contributed by atoms with Gasteiger partial charge >= 0.3 is 5.97 Å². The van der Waals surface area contributed by atoms with Crippen molar-refractivity contribution >= 4 is 5.97 Å². The molecular formula is C19H18N2O3. The molecule has 1 heterocycles. The number of rotatable bonds is 7. The summed E-state index contributed by atoms with van der Waals surface area (Å²) in [6.07, 6.45) is 3.70. The number of ether oxygens (including phenoxy) is 1. The molecule has 5 heteroatoms. The Kier molecular flexibility index (Phi) is 5.03. The van der Waals surface area contributed by atoms with Gasteiger partial charge in [0.1, 0.15) is 0 Å². The minimum Gasteiger partial charge on any atom is -0.478 e. The van der Waals surface area contributed by atoms with Crippen LogP contribution in [0.3, 0.4) is 0 Å². The monoisotopic (exact) mass is 322 g/mol. The van der Waals surface area contributed by atoms with Gasteiger partial charge in [-0.25, -0.2) is 9.78 Å². The number of carboxylic acids is 1. The van der Waals surface area contributed by atoms with E-state index in [1.165, 1.54) is 0 Å². The number of aromatic carboxylic acids is 1. The summed E-state index contributed by atoms with van der Waals surface area (Å²) in [6.45, 7) is 1.66. The van der Waals surface area contributed by atoms with Crippen LogP contribution in [0.4, 0.5) is 0 Å². The van der Waals surface area contributed by atoms with Crippen molar-refractivity contribution in [2.45, 2.75) is 19.8 Å². The van der Waals surface area contributed by atoms with Crippen molar-refractivity contribution in [3.8, 4) is 0 Å². The third kappa shape index (κ3) is 4.30. The molecule has 0 bridgehead atoms. The minimum absolute atomic E-state index is 0.291. The van der Waals surface area contributed by atoms with Crippen LogP contribution < -0.4 is 0 Å². The van der Waals surface area contributed by atoms with E-state index in [-0.39, 0.29) is 0 Å². The van der Waals surface area contributed by atoms with Gasteiger partial charge in [0.2, 0.25) is 0 Å². The molecule has 0 radical (unpaired) electrons. The second-order valence-electron chi connectivity index (χ2n) is 5.52. The van der Waals surface area contributed by atoms with E-state index in [2.05, 4.69) is 4.98 Å². The summed E-state index contributed by atoms with van der Waals surface area (Å²) in [6, 6.07) is 16.9. The molecule has 0 saturated heterocycles. The van der Waals surface area contributed by atoms with Gasteiger partial charge in [-0.1, -0.05) is 42.5 Å². The molecule has 0 amide bonds. The average Bonchev–Trinajstić information content (AvgIpc) is 3.04. The summed E-state index contributed by atoms with van der Waals surface area (Å²) in [7, 11) is 0.